The summed E-state index contributed by atoms with van der Waals surface area (Å²) in [6, 6.07) is 17.2. The largest absolute Gasteiger partial charge is 0.396 e. The topological polar surface area (TPSA) is 58.5 Å². The maximum atomic E-state index is 6.79. The van der Waals surface area contributed by atoms with Gasteiger partial charge in [0.15, 0.2) is 0 Å². The van der Waals surface area contributed by atoms with Crippen molar-refractivity contribution >= 4 is 17.1 Å². The van der Waals surface area contributed by atoms with Gasteiger partial charge in [-0.3, -0.25) is 0 Å². The maximum Gasteiger partial charge on any atom is 0.0829 e. The van der Waals surface area contributed by atoms with Gasteiger partial charge in [-0.15, -0.1) is 0 Å². The Kier molecular flexibility index (Phi) is 5.20. The first-order chi connectivity index (χ1) is 12.7. The summed E-state index contributed by atoms with van der Waals surface area (Å²) in [5.74, 6) is 6.59. The normalized spacial score (nSPS) is 17.2. The minimum absolute atomic E-state index is 0.0584. The van der Waals surface area contributed by atoms with Crippen molar-refractivity contribution in [2.24, 2.45) is 17.0 Å². The number of anilines is 1. The number of nitrogens with zero attached hydrogens (tertiary/aromatic N) is 2. The van der Waals surface area contributed by atoms with Gasteiger partial charge < -0.3 is 15.6 Å². The van der Waals surface area contributed by atoms with Crippen LogP contribution in [0.1, 0.15) is 51.3 Å². The van der Waals surface area contributed by atoms with Crippen LogP contribution in [0.15, 0.2) is 48.5 Å². The number of para-hydroxylation sites is 1. The molecule has 4 N–H and O–H groups in total. The molecule has 3 rings (SSSR count). The first-order valence-corrected chi connectivity index (χ1v) is 9.65. The van der Waals surface area contributed by atoms with Crippen molar-refractivity contribution in [3.8, 4) is 0 Å². The summed E-state index contributed by atoms with van der Waals surface area (Å²) in [6.45, 7) is 12.5. The van der Waals surface area contributed by atoms with Crippen molar-refractivity contribution in [2.75, 3.05) is 11.4 Å². The lowest BCUT2D eigenvalue weighted by molar-refractivity contribution is 0.268. The quantitative estimate of drug-likeness (QED) is 0.625. The lowest BCUT2D eigenvalue weighted by Crippen LogP contribution is -2.39. The fourth-order valence-corrected chi connectivity index (χ4v) is 3.74. The predicted octanol–water partition coefficient (Wildman–Crippen LogP) is 4.42. The monoisotopic (exact) mass is 364 g/mol. The SMILES string of the molecule is CC(C)N1Cc2ccccc2/C(N(N)CC(C)(C)C)=C(/N)c2ccccc21. The Labute approximate surface area is 163 Å². The molecule has 0 fully saturated rings. The van der Waals surface area contributed by atoms with Crippen LogP contribution >= 0.6 is 0 Å². The summed E-state index contributed by atoms with van der Waals surface area (Å²) in [6.07, 6.45) is 0. The second-order valence-corrected chi connectivity index (χ2v) is 8.85. The molecule has 0 radical (unpaired) electrons. The van der Waals surface area contributed by atoms with E-state index in [0.29, 0.717) is 12.6 Å². The Morgan fingerprint density at radius 2 is 1.59 bits per heavy atom. The van der Waals surface area contributed by atoms with Gasteiger partial charge in [-0.05, 0) is 30.9 Å². The van der Waals surface area contributed by atoms with Gasteiger partial charge in [0.05, 0.1) is 11.4 Å². The predicted molar refractivity (Wildman–Crippen MR) is 116 cm³/mol. The Balaban J connectivity index is 2.28. The molecule has 0 saturated heterocycles. The van der Waals surface area contributed by atoms with Crippen LogP contribution in [-0.2, 0) is 6.54 Å². The van der Waals surface area contributed by atoms with Gasteiger partial charge in [0.1, 0.15) is 0 Å². The first-order valence-electron chi connectivity index (χ1n) is 9.65. The molecule has 1 aliphatic heterocycles. The Bertz CT molecular complexity index is 845. The molecule has 2 aromatic carbocycles. The van der Waals surface area contributed by atoms with Crippen molar-refractivity contribution in [3.05, 3.63) is 65.2 Å². The van der Waals surface area contributed by atoms with Crippen molar-refractivity contribution in [2.45, 2.75) is 47.2 Å². The number of rotatable bonds is 3. The molecule has 1 aliphatic rings. The molecule has 1 heterocycles. The fourth-order valence-electron chi connectivity index (χ4n) is 3.74. The highest BCUT2D eigenvalue weighted by Gasteiger charge is 2.27. The molecule has 0 saturated carbocycles. The second kappa shape index (κ2) is 7.28. The van der Waals surface area contributed by atoms with Gasteiger partial charge in [-0.25, -0.2) is 5.84 Å². The lowest BCUT2D eigenvalue weighted by Gasteiger charge is -2.37. The number of hydrazine groups is 1. The Morgan fingerprint density at radius 1 is 1.00 bits per heavy atom. The van der Waals surface area contributed by atoms with E-state index in [1.54, 1.807) is 0 Å². The first kappa shape index (κ1) is 19.3. The average Bonchev–Trinajstić information content (AvgIpc) is 2.58. The highest BCUT2D eigenvalue weighted by Crippen LogP contribution is 2.37. The molecule has 0 aromatic heterocycles. The molecule has 0 aliphatic carbocycles. The van der Waals surface area contributed by atoms with Crippen LogP contribution in [0.5, 0.6) is 0 Å². The number of nitrogens with two attached hydrogens (primary N) is 2. The molecule has 27 heavy (non-hydrogen) atoms. The van der Waals surface area contributed by atoms with Crippen LogP contribution in [-0.4, -0.2) is 17.6 Å². The van der Waals surface area contributed by atoms with Crippen molar-refractivity contribution in [1.29, 1.82) is 0 Å². The van der Waals surface area contributed by atoms with E-state index in [4.69, 9.17) is 11.6 Å². The van der Waals surface area contributed by atoms with Crippen LogP contribution in [0.25, 0.3) is 11.4 Å². The minimum atomic E-state index is 0.0584. The number of fused-ring (bicyclic) bond motifs is 2. The fraction of sp³-hybridized carbons (Fsp3) is 0.391. The van der Waals surface area contributed by atoms with Gasteiger partial charge in [-0.2, -0.15) is 0 Å². The molecule has 0 atom stereocenters. The molecule has 0 unspecified atom stereocenters. The molecule has 0 spiro atoms. The number of benzene rings is 2. The van der Waals surface area contributed by atoms with Gasteiger partial charge in [0, 0.05) is 35.9 Å². The van der Waals surface area contributed by atoms with E-state index in [9.17, 15) is 0 Å². The van der Waals surface area contributed by atoms with E-state index in [2.05, 4.69) is 82.0 Å². The Morgan fingerprint density at radius 3 is 2.22 bits per heavy atom. The zero-order valence-electron chi connectivity index (χ0n) is 17.2. The third-order valence-electron chi connectivity index (χ3n) is 4.93. The van der Waals surface area contributed by atoms with Crippen LogP contribution in [0, 0.1) is 5.41 Å². The summed E-state index contributed by atoms with van der Waals surface area (Å²) < 4.78 is 0. The van der Waals surface area contributed by atoms with E-state index in [0.717, 1.165) is 34.8 Å². The molecule has 4 nitrogen and oxygen atoms in total. The summed E-state index contributed by atoms with van der Waals surface area (Å²) in [5.41, 5.74) is 13.0. The highest BCUT2D eigenvalue weighted by molar-refractivity contribution is 5.93. The number of hydrogen-bond acceptors (Lipinski definition) is 4. The maximum absolute atomic E-state index is 6.79. The molecular formula is C23H32N4. The molecule has 144 valence electrons. The van der Waals surface area contributed by atoms with E-state index in [1.807, 2.05) is 11.1 Å². The summed E-state index contributed by atoms with van der Waals surface area (Å²) in [4.78, 5) is 2.41. The standard InChI is InChI=1S/C23H32N4/c1-16(2)26-14-17-10-6-7-11-18(17)22(27(25)15-23(3,4)5)21(24)19-12-8-9-13-20(19)26/h6-13,16H,14-15,24-25H2,1-5H3/b22-21-. The molecule has 0 amide bonds. The smallest absolute Gasteiger partial charge is 0.0829 e. The second-order valence-electron chi connectivity index (χ2n) is 8.85. The van der Waals surface area contributed by atoms with Crippen LogP contribution < -0.4 is 16.5 Å². The minimum Gasteiger partial charge on any atom is -0.396 e. The molecule has 0 bridgehead atoms. The number of hydrogen-bond donors (Lipinski definition) is 2. The van der Waals surface area contributed by atoms with Crippen molar-refractivity contribution < 1.29 is 0 Å². The van der Waals surface area contributed by atoms with Crippen LogP contribution in [0.4, 0.5) is 5.69 Å². The van der Waals surface area contributed by atoms with Gasteiger partial charge >= 0.3 is 0 Å². The molecule has 2 aromatic rings. The van der Waals surface area contributed by atoms with E-state index in [1.165, 1.54) is 5.56 Å². The zero-order chi connectivity index (χ0) is 19.8. The van der Waals surface area contributed by atoms with Gasteiger partial charge in [0.2, 0.25) is 0 Å². The third kappa shape index (κ3) is 3.96. The van der Waals surface area contributed by atoms with Gasteiger partial charge in [0.25, 0.3) is 0 Å². The Hall–Kier alpha value is -2.46. The summed E-state index contributed by atoms with van der Waals surface area (Å²) in [7, 11) is 0. The van der Waals surface area contributed by atoms with E-state index in [-0.39, 0.29) is 5.41 Å². The molecular weight excluding hydrogens is 332 g/mol. The zero-order valence-corrected chi connectivity index (χ0v) is 17.2. The summed E-state index contributed by atoms with van der Waals surface area (Å²) >= 11 is 0. The average molecular weight is 365 g/mol. The van der Waals surface area contributed by atoms with Gasteiger partial charge in [-0.1, -0.05) is 63.2 Å². The van der Waals surface area contributed by atoms with Crippen molar-refractivity contribution in [3.63, 3.8) is 0 Å². The summed E-state index contributed by atoms with van der Waals surface area (Å²) in [5, 5.41) is 1.83. The molecule has 4 heteroatoms. The van der Waals surface area contributed by atoms with E-state index >= 15 is 0 Å². The van der Waals surface area contributed by atoms with Crippen LogP contribution in [0.2, 0.25) is 0 Å². The lowest BCUT2D eigenvalue weighted by atomic mass is 9.92. The highest BCUT2D eigenvalue weighted by atomic mass is 15.4. The van der Waals surface area contributed by atoms with Crippen molar-refractivity contribution in [1.82, 2.24) is 5.01 Å². The third-order valence-corrected chi connectivity index (χ3v) is 4.93. The van der Waals surface area contributed by atoms with Crippen LogP contribution in [0.3, 0.4) is 0 Å². The van der Waals surface area contributed by atoms with E-state index < -0.39 is 0 Å².